The van der Waals surface area contributed by atoms with Gasteiger partial charge in [-0.2, -0.15) is 0 Å². The number of ether oxygens (including phenoxy) is 1. The van der Waals surface area contributed by atoms with Gasteiger partial charge < -0.3 is 15.0 Å². The van der Waals surface area contributed by atoms with Crippen molar-refractivity contribution in [3.8, 4) is 5.75 Å². The van der Waals surface area contributed by atoms with E-state index in [1.165, 1.54) is 0 Å². The summed E-state index contributed by atoms with van der Waals surface area (Å²) >= 11 is 0. The van der Waals surface area contributed by atoms with Gasteiger partial charge in [0.2, 0.25) is 5.91 Å². The molecule has 0 radical (unpaired) electrons. The number of amides is 2. The highest BCUT2D eigenvalue weighted by molar-refractivity contribution is 5.88. The molecular weight excluding hydrogens is 388 g/mol. The van der Waals surface area contributed by atoms with E-state index in [1.807, 2.05) is 69.3 Å². The Balaban J connectivity index is 2.18. The van der Waals surface area contributed by atoms with Crippen molar-refractivity contribution in [2.24, 2.45) is 5.92 Å². The molecule has 1 N–H and O–H groups in total. The van der Waals surface area contributed by atoms with Gasteiger partial charge in [0, 0.05) is 13.1 Å². The minimum atomic E-state index is -0.601. The molecule has 168 valence electrons. The van der Waals surface area contributed by atoms with E-state index in [4.69, 9.17) is 4.74 Å². The highest BCUT2D eigenvalue weighted by Crippen LogP contribution is 2.26. The second kappa shape index (κ2) is 11.5. The van der Waals surface area contributed by atoms with Crippen LogP contribution in [0.4, 0.5) is 0 Å². The second-order valence-electron chi connectivity index (χ2n) is 8.81. The standard InChI is InChI=1S/C26H36N2O3/c1-18(2)15-27-26(30)21(6)28(16-22-11-9-10-20(5)14-22)25(29)17-31-24-13-8-7-12-23(24)19(3)4/h7-14,18-19,21H,15-17H2,1-6H3,(H,27,30)/t21-/m0/s1. The van der Waals surface area contributed by atoms with Crippen LogP contribution < -0.4 is 10.1 Å². The largest absolute Gasteiger partial charge is 0.483 e. The van der Waals surface area contributed by atoms with Gasteiger partial charge in [0.1, 0.15) is 11.8 Å². The van der Waals surface area contributed by atoms with E-state index in [2.05, 4.69) is 19.2 Å². The Morgan fingerprint density at radius 2 is 1.71 bits per heavy atom. The van der Waals surface area contributed by atoms with Crippen LogP contribution in [-0.2, 0) is 16.1 Å². The zero-order valence-electron chi connectivity index (χ0n) is 19.6. The first-order valence-corrected chi connectivity index (χ1v) is 11.0. The lowest BCUT2D eigenvalue weighted by atomic mass is 10.0. The molecule has 2 rings (SSSR count). The number of carbonyl (C=O) groups excluding carboxylic acids is 2. The molecule has 0 spiro atoms. The van der Waals surface area contributed by atoms with Crippen LogP contribution >= 0.6 is 0 Å². The van der Waals surface area contributed by atoms with Crippen LogP contribution in [0.15, 0.2) is 48.5 Å². The van der Waals surface area contributed by atoms with Crippen LogP contribution in [0, 0.1) is 12.8 Å². The third kappa shape index (κ3) is 7.42. The predicted octanol–water partition coefficient (Wildman–Crippen LogP) is 4.69. The summed E-state index contributed by atoms with van der Waals surface area (Å²) in [6.45, 7) is 12.9. The smallest absolute Gasteiger partial charge is 0.261 e. The van der Waals surface area contributed by atoms with Crippen LogP contribution in [0.2, 0.25) is 0 Å². The first-order valence-electron chi connectivity index (χ1n) is 11.0. The molecule has 0 aliphatic heterocycles. The summed E-state index contributed by atoms with van der Waals surface area (Å²) in [6.07, 6.45) is 0. The molecule has 31 heavy (non-hydrogen) atoms. The molecule has 0 aliphatic rings. The van der Waals surface area contributed by atoms with Crippen LogP contribution in [0.3, 0.4) is 0 Å². The van der Waals surface area contributed by atoms with E-state index in [9.17, 15) is 9.59 Å². The van der Waals surface area contributed by atoms with Crippen LogP contribution in [0.25, 0.3) is 0 Å². The zero-order valence-corrected chi connectivity index (χ0v) is 19.6. The maximum atomic E-state index is 13.2. The van der Waals surface area contributed by atoms with Crippen molar-refractivity contribution in [1.29, 1.82) is 0 Å². The number of hydrogen-bond donors (Lipinski definition) is 1. The Morgan fingerprint density at radius 1 is 1.00 bits per heavy atom. The fraction of sp³-hybridized carbons (Fsp3) is 0.462. The molecule has 5 nitrogen and oxygen atoms in total. The van der Waals surface area contributed by atoms with Crippen molar-refractivity contribution in [2.45, 2.75) is 60.0 Å². The predicted molar refractivity (Wildman–Crippen MR) is 125 cm³/mol. The van der Waals surface area contributed by atoms with Gasteiger partial charge in [0.05, 0.1) is 0 Å². The van der Waals surface area contributed by atoms with Crippen molar-refractivity contribution in [3.63, 3.8) is 0 Å². The van der Waals surface area contributed by atoms with Crippen molar-refractivity contribution >= 4 is 11.8 Å². The molecule has 0 fully saturated rings. The highest BCUT2D eigenvalue weighted by Gasteiger charge is 2.26. The summed E-state index contributed by atoms with van der Waals surface area (Å²) in [7, 11) is 0. The lowest BCUT2D eigenvalue weighted by Gasteiger charge is -2.29. The average Bonchev–Trinajstić information content (AvgIpc) is 2.73. The highest BCUT2D eigenvalue weighted by atomic mass is 16.5. The van der Waals surface area contributed by atoms with Gasteiger partial charge in [0.15, 0.2) is 6.61 Å². The molecule has 0 bridgehead atoms. The van der Waals surface area contributed by atoms with Gasteiger partial charge in [-0.15, -0.1) is 0 Å². The summed E-state index contributed by atoms with van der Waals surface area (Å²) in [5.41, 5.74) is 3.16. The van der Waals surface area contributed by atoms with Crippen molar-refractivity contribution in [2.75, 3.05) is 13.2 Å². The van der Waals surface area contributed by atoms with Crippen LogP contribution in [0.1, 0.15) is 57.2 Å². The Morgan fingerprint density at radius 3 is 2.35 bits per heavy atom. The summed E-state index contributed by atoms with van der Waals surface area (Å²) in [5.74, 6) is 0.964. The average molecular weight is 425 g/mol. The number of aryl methyl sites for hydroxylation is 1. The molecular formula is C26H36N2O3. The van der Waals surface area contributed by atoms with E-state index in [-0.39, 0.29) is 24.3 Å². The molecule has 0 unspecified atom stereocenters. The molecule has 0 heterocycles. The lowest BCUT2D eigenvalue weighted by molar-refractivity contribution is -0.142. The maximum Gasteiger partial charge on any atom is 0.261 e. The summed E-state index contributed by atoms with van der Waals surface area (Å²) < 4.78 is 5.91. The first-order chi connectivity index (χ1) is 14.7. The molecule has 2 amide bonds. The normalized spacial score (nSPS) is 12.0. The Hall–Kier alpha value is -2.82. The molecule has 0 saturated heterocycles. The van der Waals surface area contributed by atoms with E-state index >= 15 is 0 Å². The van der Waals surface area contributed by atoms with Gasteiger partial charge in [-0.25, -0.2) is 0 Å². The minimum Gasteiger partial charge on any atom is -0.483 e. The van der Waals surface area contributed by atoms with Crippen molar-refractivity contribution in [3.05, 3.63) is 65.2 Å². The topological polar surface area (TPSA) is 58.6 Å². The molecule has 1 atom stereocenters. The van der Waals surface area contributed by atoms with E-state index in [0.717, 1.165) is 16.7 Å². The monoisotopic (exact) mass is 424 g/mol. The number of para-hydroxylation sites is 1. The number of nitrogens with one attached hydrogen (secondary N) is 1. The van der Waals surface area contributed by atoms with Gasteiger partial charge in [-0.3, -0.25) is 9.59 Å². The van der Waals surface area contributed by atoms with Crippen LogP contribution in [0.5, 0.6) is 5.75 Å². The Bertz CT molecular complexity index is 876. The fourth-order valence-electron chi connectivity index (χ4n) is 3.35. The van der Waals surface area contributed by atoms with Crippen LogP contribution in [-0.4, -0.2) is 35.9 Å². The fourth-order valence-corrected chi connectivity index (χ4v) is 3.35. The number of carbonyl (C=O) groups is 2. The summed E-state index contributed by atoms with van der Waals surface area (Å²) in [4.78, 5) is 27.5. The Labute approximate surface area is 186 Å². The number of benzene rings is 2. The molecule has 2 aromatic carbocycles. The molecule has 2 aromatic rings. The SMILES string of the molecule is Cc1cccc(CN(C(=O)COc2ccccc2C(C)C)[C@@H](C)C(=O)NCC(C)C)c1. The first kappa shape index (κ1) is 24.4. The van der Waals surface area contributed by atoms with Gasteiger partial charge in [-0.05, 0) is 42.9 Å². The van der Waals surface area contributed by atoms with E-state index in [0.29, 0.717) is 24.8 Å². The minimum absolute atomic E-state index is 0.114. The van der Waals surface area contributed by atoms with Gasteiger partial charge in [0.25, 0.3) is 5.91 Å². The molecule has 0 aromatic heterocycles. The Kier molecular flexibility index (Phi) is 9.10. The molecule has 5 heteroatoms. The number of rotatable bonds is 10. The lowest BCUT2D eigenvalue weighted by Crippen LogP contribution is -2.49. The second-order valence-corrected chi connectivity index (χ2v) is 8.81. The zero-order chi connectivity index (χ0) is 23.0. The van der Waals surface area contributed by atoms with Crippen molar-refractivity contribution in [1.82, 2.24) is 10.2 Å². The van der Waals surface area contributed by atoms with Gasteiger partial charge in [-0.1, -0.05) is 75.7 Å². The molecule has 0 aliphatic carbocycles. The maximum absolute atomic E-state index is 13.2. The number of nitrogens with zero attached hydrogens (tertiary/aromatic N) is 1. The summed E-state index contributed by atoms with van der Waals surface area (Å²) in [6, 6.07) is 15.1. The quantitative estimate of drug-likeness (QED) is 0.602. The van der Waals surface area contributed by atoms with E-state index < -0.39 is 6.04 Å². The summed E-state index contributed by atoms with van der Waals surface area (Å²) in [5, 5.41) is 2.94. The van der Waals surface area contributed by atoms with E-state index in [1.54, 1.807) is 11.8 Å². The molecule has 0 saturated carbocycles. The third-order valence-corrected chi connectivity index (χ3v) is 5.18. The van der Waals surface area contributed by atoms with Gasteiger partial charge >= 0.3 is 0 Å². The number of hydrogen-bond acceptors (Lipinski definition) is 3. The van der Waals surface area contributed by atoms with Crippen molar-refractivity contribution < 1.29 is 14.3 Å². The third-order valence-electron chi connectivity index (χ3n) is 5.18.